The van der Waals surface area contributed by atoms with E-state index in [0.717, 1.165) is 6.42 Å². The van der Waals surface area contributed by atoms with Gasteiger partial charge in [-0.2, -0.15) is 8.78 Å². The van der Waals surface area contributed by atoms with Crippen molar-refractivity contribution >= 4 is 6.16 Å². The van der Waals surface area contributed by atoms with Gasteiger partial charge in [-0.25, -0.2) is 9.18 Å². The minimum Gasteiger partial charge on any atom is -0.427 e. The van der Waals surface area contributed by atoms with Gasteiger partial charge in [-0.15, -0.1) is 0 Å². The smallest absolute Gasteiger partial charge is 0.427 e. The van der Waals surface area contributed by atoms with Crippen LogP contribution < -0.4 is 0 Å². The molecule has 0 N–H and O–H groups in total. The Morgan fingerprint density at radius 2 is 2.18 bits per heavy atom. The fraction of sp³-hybridized carbons (Fsp3) is 0.700. The van der Waals surface area contributed by atoms with Crippen molar-refractivity contribution in [1.29, 1.82) is 0 Å². The maximum atomic E-state index is 12.6. The molecule has 0 bridgehead atoms. The van der Waals surface area contributed by atoms with Gasteiger partial charge in [0.05, 0.1) is 0 Å². The van der Waals surface area contributed by atoms with Gasteiger partial charge in [-0.1, -0.05) is 13.3 Å². The summed E-state index contributed by atoms with van der Waals surface area (Å²) < 4.78 is 50.5. The molecule has 1 fully saturated rings. The molecular weight excluding hydrogens is 241 g/mol. The third kappa shape index (κ3) is 3.92. The largest absolute Gasteiger partial charge is 0.511 e. The van der Waals surface area contributed by atoms with Crippen LogP contribution in [0.2, 0.25) is 0 Å². The van der Waals surface area contributed by atoms with Crippen molar-refractivity contribution in [2.45, 2.75) is 32.0 Å². The molecule has 1 aliphatic heterocycles. The molecule has 4 nitrogen and oxygen atoms in total. The van der Waals surface area contributed by atoms with E-state index in [1.165, 1.54) is 0 Å². The van der Waals surface area contributed by atoms with Gasteiger partial charge in [-0.3, -0.25) is 0 Å². The highest BCUT2D eigenvalue weighted by atomic mass is 19.3. The van der Waals surface area contributed by atoms with Crippen LogP contribution in [0.5, 0.6) is 0 Å². The monoisotopic (exact) mass is 254 g/mol. The SMILES string of the molecule is CCCCC1(OCC(F)=C(F)F)COC(=O)O1. The molecule has 98 valence electrons. The van der Waals surface area contributed by atoms with E-state index in [-0.39, 0.29) is 13.0 Å². The van der Waals surface area contributed by atoms with Crippen molar-refractivity contribution in [3.05, 3.63) is 11.9 Å². The zero-order valence-electron chi connectivity index (χ0n) is 9.30. The normalized spacial score (nSPS) is 23.2. The van der Waals surface area contributed by atoms with Crippen LogP contribution in [0.15, 0.2) is 11.9 Å². The van der Waals surface area contributed by atoms with E-state index in [4.69, 9.17) is 9.47 Å². The van der Waals surface area contributed by atoms with Crippen molar-refractivity contribution in [3.8, 4) is 0 Å². The summed E-state index contributed by atoms with van der Waals surface area (Å²) in [7, 11) is 0. The Bertz CT molecular complexity index is 315. The number of hydrogen-bond donors (Lipinski definition) is 0. The Balaban J connectivity index is 2.59. The molecule has 7 heteroatoms. The number of rotatable bonds is 6. The van der Waals surface area contributed by atoms with Crippen LogP contribution in [0.1, 0.15) is 26.2 Å². The lowest BCUT2D eigenvalue weighted by molar-refractivity contribution is -0.181. The predicted molar refractivity (Wildman–Crippen MR) is 51.0 cm³/mol. The molecular formula is C10H13F3O4. The van der Waals surface area contributed by atoms with E-state index < -0.39 is 30.5 Å². The Kier molecular flexibility index (Phi) is 4.80. The number of cyclic esters (lactones) is 2. The van der Waals surface area contributed by atoms with E-state index in [1.807, 2.05) is 6.92 Å². The average molecular weight is 254 g/mol. The fourth-order valence-corrected chi connectivity index (χ4v) is 1.34. The van der Waals surface area contributed by atoms with Crippen LogP contribution in [0.4, 0.5) is 18.0 Å². The summed E-state index contributed by atoms with van der Waals surface area (Å²) in [5, 5.41) is 0. The van der Waals surface area contributed by atoms with Gasteiger partial charge in [0.15, 0.2) is 12.4 Å². The van der Waals surface area contributed by atoms with Gasteiger partial charge < -0.3 is 14.2 Å². The summed E-state index contributed by atoms with van der Waals surface area (Å²) in [5.74, 6) is -3.12. The molecule has 0 aliphatic carbocycles. The molecule has 1 aliphatic rings. The first-order chi connectivity index (χ1) is 7.99. The quantitative estimate of drug-likeness (QED) is 0.683. The topological polar surface area (TPSA) is 44.8 Å². The molecule has 0 radical (unpaired) electrons. The minimum absolute atomic E-state index is 0.215. The number of unbranched alkanes of at least 4 members (excludes halogenated alkanes) is 1. The van der Waals surface area contributed by atoms with E-state index in [1.54, 1.807) is 0 Å². The highest BCUT2D eigenvalue weighted by Crippen LogP contribution is 2.28. The van der Waals surface area contributed by atoms with Crippen molar-refractivity contribution in [2.75, 3.05) is 13.2 Å². The van der Waals surface area contributed by atoms with Crippen LogP contribution >= 0.6 is 0 Å². The fourth-order valence-electron chi connectivity index (χ4n) is 1.34. The second kappa shape index (κ2) is 5.90. The summed E-state index contributed by atoms with van der Waals surface area (Å²) in [6.07, 6.45) is -1.68. The van der Waals surface area contributed by atoms with E-state index in [2.05, 4.69) is 4.74 Å². The lowest BCUT2D eigenvalue weighted by Gasteiger charge is -2.24. The highest BCUT2D eigenvalue weighted by Gasteiger charge is 2.43. The van der Waals surface area contributed by atoms with Crippen molar-refractivity contribution in [1.82, 2.24) is 0 Å². The third-order valence-electron chi connectivity index (χ3n) is 2.26. The third-order valence-corrected chi connectivity index (χ3v) is 2.26. The second-order valence-electron chi connectivity index (χ2n) is 3.61. The predicted octanol–water partition coefficient (Wildman–Crippen LogP) is 3.13. The Morgan fingerprint density at radius 1 is 1.47 bits per heavy atom. The number of carbonyl (C=O) groups is 1. The van der Waals surface area contributed by atoms with Crippen LogP contribution in [0.25, 0.3) is 0 Å². The van der Waals surface area contributed by atoms with Gasteiger partial charge >= 0.3 is 12.2 Å². The van der Waals surface area contributed by atoms with Gasteiger partial charge in [0.1, 0.15) is 6.61 Å². The van der Waals surface area contributed by atoms with Crippen LogP contribution in [-0.4, -0.2) is 25.2 Å². The molecule has 0 saturated carbocycles. The first kappa shape index (κ1) is 13.8. The van der Waals surface area contributed by atoms with Gasteiger partial charge in [0.25, 0.3) is 5.79 Å². The number of halogens is 3. The maximum absolute atomic E-state index is 12.6. The Morgan fingerprint density at radius 3 is 2.65 bits per heavy atom. The zero-order valence-corrected chi connectivity index (χ0v) is 9.30. The molecule has 1 atom stereocenters. The van der Waals surface area contributed by atoms with E-state index >= 15 is 0 Å². The summed E-state index contributed by atoms with van der Waals surface area (Å²) in [5.41, 5.74) is 0. The molecule has 0 aromatic carbocycles. The first-order valence-corrected chi connectivity index (χ1v) is 5.18. The van der Waals surface area contributed by atoms with Crippen LogP contribution in [0, 0.1) is 0 Å². The zero-order chi connectivity index (χ0) is 12.9. The molecule has 17 heavy (non-hydrogen) atoms. The molecule has 0 amide bonds. The first-order valence-electron chi connectivity index (χ1n) is 5.18. The molecule has 0 spiro atoms. The van der Waals surface area contributed by atoms with E-state index in [0.29, 0.717) is 6.42 Å². The highest BCUT2D eigenvalue weighted by molar-refractivity contribution is 5.62. The second-order valence-corrected chi connectivity index (χ2v) is 3.61. The van der Waals surface area contributed by atoms with Gasteiger partial charge in [0, 0.05) is 6.42 Å². The molecule has 0 aromatic heterocycles. The molecule has 1 rings (SSSR count). The number of ether oxygens (including phenoxy) is 3. The van der Waals surface area contributed by atoms with Crippen molar-refractivity contribution in [3.63, 3.8) is 0 Å². The number of carbonyl (C=O) groups excluding carboxylic acids is 1. The molecule has 1 saturated heterocycles. The summed E-state index contributed by atoms with van der Waals surface area (Å²) >= 11 is 0. The summed E-state index contributed by atoms with van der Waals surface area (Å²) in [6, 6.07) is 0. The van der Waals surface area contributed by atoms with Gasteiger partial charge in [0.2, 0.25) is 0 Å². The van der Waals surface area contributed by atoms with Crippen LogP contribution in [-0.2, 0) is 14.2 Å². The minimum atomic E-state index is -2.44. The molecule has 0 aromatic rings. The van der Waals surface area contributed by atoms with Crippen molar-refractivity contribution in [2.24, 2.45) is 0 Å². The lowest BCUT2D eigenvalue weighted by Crippen LogP contribution is -2.36. The standard InChI is InChI=1S/C10H13F3O4/c1-2-3-4-10(6-15-9(14)17-10)16-5-7(11)8(12)13/h2-6H2,1H3. The van der Waals surface area contributed by atoms with E-state index in [9.17, 15) is 18.0 Å². The van der Waals surface area contributed by atoms with Gasteiger partial charge in [-0.05, 0) is 6.42 Å². The van der Waals surface area contributed by atoms with Crippen molar-refractivity contribution < 1.29 is 32.2 Å². The molecule has 1 heterocycles. The number of hydrogen-bond acceptors (Lipinski definition) is 4. The Labute approximate surface area is 96.3 Å². The lowest BCUT2D eigenvalue weighted by atomic mass is 10.1. The summed E-state index contributed by atoms with van der Waals surface area (Å²) in [6.45, 7) is 0.739. The summed E-state index contributed by atoms with van der Waals surface area (Å²) in [4.78, 5) is 10.8. The molecule has 1 unspecified atom stereocenters. The Hall–Kier alpha value is -1.24. The average Bonchev–Trinajstić information content (AvgIpc) is 2.66. The van der Waals surface area contributed by atoms with Crippen LogP contribution in [0.3, 0.4) is 0 Å². The maximum Gasteiger partial charge on any atom is 0.511 e.